The number of aliphatic hydroxyl groups is 1. The molecule has 1 saturated carbocycles. The van der Waals surface area contributed by atoms with Crippen molar-refractivity contribution in [3.05, 3.63) is 0 Å². The molecule has 88 valence electrons. The minimum atomic E-state index is -0.270. The molecule has 1 amide bonds. The van der Waals surface area contributed by atoms with Gasteiger partial charge in [0.1, 0.15) is 0 Å². The summed E-state index contributed by atoms with van der Waals surface area (Å²) >= 11 is 0. The van der Waals surface area contributed by atoms with Gasteiger partial charge in [0.2, 0.25) is 5.91 Å². The van der Waals surface area contributed by atoms with E-state index in [1.807, 2.05) is 0 Å². The van der Waals surface area contributed by atoms with Crippen LogP contribution in [0.25, 0.3) is 0 Å². The highest BCUT2D eigenvalue weighted by Gasteiger charge is 2.29. The van der Waals surface area contributed by atoms with Gasteiger partial charge in [-0.2, -0.15) is 0 Å². The van der Waals surface area contributed by atoms with E-state index in [1.54, 1.807) is 0 Å². The van der Waals surface area contributed by atoms with Crippen LogP contribution in [0.3, 0.4) is 0 Å². The van der Waals surface area contributed by atoms with Gasteiger partial charge >= 0.3 is 0 Å². The molecule has 3 N–H and O–H groups in total. The second-order valence-electron chi connectivity index (χ2n) is 4.24. The maximum absolute atomic E-state index is 11.2. The summed E-state index contributed by atoms with van der Waals surface area (Å²) in [5.41, 5.74) is 0. The Balaban J connectivity index is 1.91. The Labute approximate surface area is 91.4 Å². The molecule has 4 nitrogen and oxygen atoms in total. The van der Waals surface area contributed by atoms with Gasteiger partial charge < -0.3 is 15.7 Å². The van der Waals surface area contributed by atoms with Crippen LogP contribution in [0, 0.1) is 5.92 Å². The monoisotopic (exact) mass is 214 g/mol. The van der Waals surface area contributed by atoms with Crippen molar-refractivity contribution >= 4 is 5.91 Å². The number of hydrogen-bond acceptors (Lipinski definition) is 3. The van der Waals surface area contributed by atoms with Crippen LogP contribution in [0.5, 0.6) is 0 Å². The average Bonchev–Trinajstić information content (AvgIpc) is 3.01. The van der Waals surface area contributed by atoms with Gasteiger partial charge in [-0.1, -0.05) is 13.3 Å². The van der Waals surface area contributed by atoms with E-state index in [2.05, 4.69) is 17.6 Å². The minimum Gasteiger partial charge on any atom is -0.392 e. The molecule has 0 radical (unpaired) electrons. The molecule has 0 aliphatic heterocycles. The van der Waals surface area contributed by atoms with E-state index in [9.17, 15) is 9.90 Å². The highest BCUT2D eigenvalue weighted by atomic mass is 16.3. The lowest BCUT2D eigenvalue weighted by atomic mass is 10.2. The highest BCUT2D eigenvalue weighted by Crippen LogP contribution is 2.32. The van der Waals surface area contributed by atoms with Gasteiger partial charge in [-0.05, 0) is 25.2 Å². The van der Waals surface area contributed by atoms with Crippen molar-refractivity contribution in [2.24, 2.45) is 5.92 Å². The van der Waals surface area contributed by atoms with E-state index >= 15 is 0 Å². The Morgan fingerprint density at radius 2 is 2.27 bits per heavy atom. The fraction of sp³-hybridized carbons (Fsp3) is 0.909. The first-order valence-electron chi connectivity index (χ1n) is 5.89. The summed E-state index contributed by atoms with van der Waals surface area (Å²) in [5.74, 6) is 0.493. The smallest absolute Gasteiger partial charge is 0.233 e. The predicted molar refractivity (Wildman–Crippen MR) is 59.5 cm³/mol. The normalized spacial score (nSPS) is 17.5. The number of carbonyl (C=O) groups is 1. The summed E-state index contributed by atoms with van der Waals surface area (Å²) in [6, 6.07) is 0. The van der Waals surface area contributed by atoms with E-state index < -0.39 is 0 Å². The molecule has 1 fully saturated rings. The molecule has 0 bridgehead atoms. The second-order valence-corrected chi connectivity index (χ2v) is 4.24. The van der Waals surface area contributed by atoms with Crippen LogP contribution >= 0.6 is 0 Å². The number of unbranched alkanes of at least 4 members (excludes halogenated alkanes) is 1. The molecule has 4 heteroatoms. The van der Waals surface area contributed by atoms with Crippen molar-refractivity contribution in [3.63, 3.8) is 0 Å². The molecule has 0 heterocycles. The quantitative estimate of drug-likeness (QED) is 0.508. The van der Waals surface area contributed by atoms with Crippen molar-refractivity contribution in [2.45, 2.75) is 38.7 Å². The molecule has 1 atom stereocenters. The molecule has 0 aromatic rings. The Morgan fingerprint density at radius 1 is 1.53 bits per heavy atom. The number of nitrogens with one attached hydrogen (secondary N) is 2. The number of hydrogen-bond donors (Lipinski definition) is 3. The van der Waals surface area contributed by atoms with Gasteiger partial charge in [0.25, 0.3) is 0 Å². The van der Waals surface area contributed by atoms with Crippen LogP contribution in [0.4, 0.5) is 0 Å². The third-order valence-electron chi connectivity index (χ3n) is 2.66. The van der Waals surface area contributed by atoms with Gasteiger partial charge in [-0.25, -0.2) is 0 Å². The summed E-state index contributed by atoms with van der Waals surface area (Å²) in [6.07, 6.45) is 4.11. The molecule has 0 aromatic carbocycles. The van der Waals surface area contributed by atoms with Crippen molar-refractivity contribution in [2.75, 3.05) is 19.6 Å². The lowest BCUT2D eigenvalue weighted by molar-refractivity contribution is -0.120. The SMILES string of the molecule is CCCCNC(=O)CNCC(O)C1CC1. The topological polar surface area (TPSA) is 61.4 Å². The largest absolute Gasteiger partial charge is 0.392 e. The Kier molecular flexibility index (Phi) is 5.65. The van der Waals surface area contributed by atoms with E-state index in [1.165, 1.54) is 0 Å². The van der Waals surface area contributed by atoms with Crippen LogP contribution in [0.1, 0.15) is 32.6 Å². The van der Waals surface area contributed by atoms with Gasteiger partial charge in [-0.15, -0.1) is 0 Å². The maximum Gasteiger partial charge on any atom is 0.233 e. The second kappa shape index (κ2) is 6.80. The maximum atomic E-state index is 11.2. The number of rotatable bonds is 8. The average molecular weight is 214 g/mol. The summed E-state index contributed by atoms with van der Waals surface area (Å²) in [4.78, 5) is 11.2. The molecular weight excluding hydrogens is 192 g/mol. The fourth-order valence-electron chi connectivity index (χ4n) is 1.45. The molecule has 1 aliphatic rings. The van der Waals surface area contributed by atoms with Crippen molar-refractivity contribution in [1.82, 2.24) is 10.6 Å². The van der Waals surface area contributed by atoms with Crippen LogP contribution < -0.4 is 10.6 Å². The Morgan fingerprint density at radius 3 is 2.87 bits per heavy atom. The van der Waals surface area contributed by atoms with E-state index in [0.29, 0.717) is 19.0 Å². The summed E-state index contributed by atoms with van der Waals surface area (Å²) in [6.45, 7) is 3.69. The van der Waals surface area contributed by atoms with Crippen molar-refractivity contribution < 1.29 is 9.90 Å². The summed E-state index contributed by atoms with van der Waals surface area (Å²) in [7, 11) is 0. The molecular formula is C11H22N2O2. The number of amides is 1. The van der Waals surface area contributed by atoms with Gasteiger partial charge in [0.15, 0.2) is 0 Å². The van der Waals surface area contributed by atoms with Gasteiger partial charge in [-0.3, -0.25) is 4.79 Å². The van der Waals surface area contributed by atoms with E-state index in [-0.39, 0.29) is 12.0 Å². The van der Waals surface area contributed by atoms with Crippen molar-refractivity contribution in [3.8, 4) is 0 Å². The third kappa shape index (κ3) is 5.74. The number of aliphatic hydroxyl groups excluding tert-OH is 1. The standard InChI is InChI=1S/C11H22N2O2/c1-2-3-6-13-11(15)8-12-7-10(14)9-4-5-9/h9-10,12,14H,2-8H2,1H3,(H,13,15). The first-order valence-corrected chi connectivity index (χ1v) is 5.89. The molecule has 0 saturated heterocycles. The summed E-state index contributed by atoms with van der Waals surface area (Å²) < 4.78 is 0. The number of carbonyl (C=O) groups excluding carboxylic acids is 1. The minimum absolute atomic E-state index is 0.0199. The zero-order chi connectivity index (χ0) is 11.1. The van der Waals surface area contributed by atoms with Crippen LogP contribution in [-0.4, -0.2) is 36.8 Å². The molecule has 0 spiro atoms. The predicted octanol–water partition coefficient (Wildman–Crippen LogP) is 0.263. The highest BCUT2D eigenvalue weighted by molar-refractivity contribution is 5.77. The zero-order valence-corrected chi connectivity index (χ0v) is 9.46. The van der Waals surface area contributed by atoms with Crippen LogP contribution in [0.15, 0.2) is 0 Å². The molecule has 15 heavy (non-hydrogen) atoms. The lowest BCUT2D eigenvalue weighted by Gasteiger charge is -2.10. The molecule has 1 aliphatic carbocycles. The van der Waals surface area contributed by atoms with E-state index in [0.717, 1.165) is 32.2 Å². The van der Waals surface area contributed by atoms with Crippen molar-refractivity contribution in [1.29, 1.82) is 0 Å². The van der Waals surface area contributed by atoms with Gasteiger partial charge in [0, 0.05) is 13.1 Å². The molecule has 0 aromatic heterocycles. The molecule has 1 unspecified atom stereocenters. The Hall–Kier alpha value is -0.610. The third-order valence-corrected chi connectivity index (χ3v) is 2.66. The zero-order valence-electron chi connectivity index (χ0n) is 9.46. The first kappa shape index (κ1) is 12.5. The first-order chi connectivity index (χ1) is 7.24. The van der Waals surface area contributed by atoms with Crippen LogP contribution in [-0.2, 0) is 4.79 Å². The molecule has 1 rings (SSSR count). The van der Waals surface area contributed by atoms with Gasteiger partial charge in [0.05, 0.1) is 12.6 Å². The van der Waals surface area contributed by atoms with Crippen LogP contribution in [0.2, 0.25) is 0 Å². The summed E-state index contributed by atoms with van der Waals surface area (Å²) in [5, 5.41) is 15.3. The Bertz CT molecular complexity index is 193. The fourth-order valence-corrected chi connectivity index (χ4v) is 1.45. The lowest BCUT2D eigenvalue weighted by Crippen LogP contribution is -2.38. The van der Waals surface area contributed by atoms with E-state index in [4.69, 9.17) is 0 Å².